The van der Waals surface area contributed by atoms with E-state index in [1.165, 1.54) is 13.2 Å². The lowest BCUT2D eigenvalue weighted by molar-refractivity contribution is 0.102. The van der Waals surface area contributed by atoms with Crippen LogP contribution in [0.3, 0.4) is 0 Å². The Hall–Kier alpha value is -3.88. The second-order valence-electron chi connectivity index (χ2n) is 7.09. The first-order valence-corrected chi connectivity index (χ1v) is 11.5. The summed E-state index contributed by atoms with van der Waals surface area (Å²) < 4.78 is 33.0. The van der Waals surface area contributed by atoms with Gasteiger partial charge in [-0.25, -0.2) is 0 Å². The van der Waals surface area contributed by atoms with E-state index < -0.39 is 10.0 Å². The van der Waals surface area contributed by atoms with E-state index in [-0.39, 0.29) is 10.8 Å². The number of anilines is 2. The van der Waals surface area contributed by atoms with E-state index in [0.717, 1.165) is 4.47 Å². The average molecular weight is 463 g/mol. The molecule has 0 heterocycles. The minimum atomic E-state index is -4.05. The summed E-state index contributed by atoms with van der Waals surface area (Å²) in [5, 5.41) is 3.92. The summed E-state index contributed by atoms with van der Waals surface area (Å²) in [7, 11) is -1.19. The van der Waals surface area contributed by atoms with E-state index in [0.29, 0.717) is 33.5 Å². The molecule has 0 atom stereocenters. The lowest BCUT2D eigenvalue weighted by atomic mass is 10.1. The van der Waals surface area contributed by atoms with Gasteiger partial charge in [0.05, 0.1) is 24.8 Å². The van der Waals surface area contributed by atoms with Crippen molar-refractivity contribution < 1.29 is 22.8 Å². The van der Waals surface area contributed by atoms with Gasteiger partial charge in [0, 0.05) is 22.0 Å². The highest BCUT2D eigenvalue weighted by Gasteiger charge is 2.28. The van der Waals surface area contributed by atoms with E-state index in [9.17, 15) is 13.2 Å². The van der Waals surface area contributed by atoms with Crippen molar-refractivity contribution in [3.63, 3.8) is 0 Å². The number of carbonyl (C=O) groups is 1. The number of nitrogens with one attached hydrogen (secondary N) is 1. The zero-order valence-corrected chi connectivity index (χ0v) is 18.9. The maximum absolute atomic E-state index is 13.5. The molecule has 0 saturated heterocycles. The maximum Gasteiger partial charge on any atom is 0.287 e. The van der Waals surface area contributed by atoms with Crippen molar-refractivity contribution in [2.75, 3.05) is 24.0 Å². The number of carbonyl (C=O) groups excluding carboxylic acids is 1. The summed E-state index contributed by atoms with van der Waals surface area (Å²) in [4.78, 5) is 18.1. The first kappa shape index (κ1) is 22.3. The van der Waals surface area contributed by atoms with Gasteiger partial charge in [-0.1, -0.05) is 42.5 Å². The molecule has 0 aliphatic heterocycles. The molecule has 0 aliphatic carbocycles. The predicted octanol–water partition coefficient (Wildman–Crippen LogP) is 4.86. The third kappa shape index (κ3) is 4.39. The molecule has 0 aromatic heterocycles. The number of hydrogen-bond acceptors (Lipinski definition) is 5. The van der Waals surface area contributed by atoms with E-state index in [2.05, 4.69) is 5.32 Å². The number of sulfonamides is 1. The number of methoxy groups -OCH3 is 1. The number of nitrogens with zero attached hydrogens (tertiary/aromatic N) is 1. The summed E-state index contributed by atoms with van der Waals surface area (Å²) in [5.41, 5.74) is 1.32. The molecule has 7 nitrogen and oxygen atoms in total. The smallest absolute Gasteiger partial charge is 0.287 e. The van der Waals surface area contributed by atoms with Crippen LogP contribution in [-0.4, -0.2) is 28.5 Å². The van der Waals surface area contributed by atoms with Gasteiger partial charge in [-0.15, -0.1) is 4.47 Å². The molecule has 4 aromatic carbocycles. The van der Waals surface area contributed by atoms with Crippen LogP contribution in [0.1, 0.15) is 10.4 Å². The zero-order valence-electron chi connectivity index (χ0n) is 18.1. The van der Waals surface area contributed by atoms with Gasteiger partial charge < -0.3 is 10.1 Å². The molecule has 8 heteroatoms. The molecule has 0 unspecified atom stereocenters. The van der Waals surface area contributed by atoms with Gasteiger partial charge in [-0.05, 0) is 48.5 Å². The summed E-state index contributed by atoms with van der Waals surface area (Å²) >= 11 is 0. The fraction of sp³-hybridized carbons (Fsp3) is 0.0800. The standard InChI is InChI=1S/C25H22N2O5S/c1-31-20-14-12-18(13-15-20)25(28)26-23-16-17-24(22-11-7-6-10-21(22)23)33(29,30)27(32-2)19-8-4-3-5-9-19/h3-17H,1-2H3,(H,26,28). The van der Waals surface area contributed by atoms with Crippen LogP contribution in [0.4, 0.5) is 11.4 Å². The van der Waals surface area contributed by atoms with Crippen molar-refractivity contribution in [2.24, 2.45) is 0 Å². The number of hydrogen-bond donors (Lipinski definition) is 1. The second kappa shape index (κ2) is 9.32. The Balaban J connectivity index is 1.74. The molecule has 0 aliphatic rings. The van der Waals surface area contributed by atoms with Gasteiger partial charge in [0.2, 0.25) is 0 Å². The third-order valence-corrected chi connectivity index (χ3v) is 6.82. The van der Waals surface area contributed by atoms with Crippen LogP contribution < -0.4 is 14.5 Å². The highest BCUT2D eigenvalue weighted by molar-refractivity contribution is 7.92. The van der Waals surface area contributed by atoms with Crippen molar-refractivity contribution >= 4 is 38.1 Å². The van der Waals surface area contributed by atoms with Crippen LogP contribution in [0.15, 0.2) is 95.9 Å². The van der Waals surface area contributed by atoms with Gasteiger partial charge >= 0.3 is 0 Å². The zero-order chi connectivity index (χ0) is 23.4. The summed E-state index contributed by atoms with van der Waals surface area (Å²) in [5.74, 6) is 0.328. The first-order valence-electron chi connectivity index (χ1n) is 10.1. The Labute approximate surface area is 192 Å². The summed E-state index contributed by atoms with van der Waals surface area (Å²) in [6.07, 6.45) is 0. The van der Waals surface area contributed by atoms with Gasteiger partial charge in [-0.3, -0.25) is 9.63 Å². The number of para-hydroxylation sites is 1. The Morgan fingerprint density at radius 2 is 1.42 bits per heavy atom. The molecular weight excluding hydrogens is 440 g/mol. The predicted molar refractivity (Wildman–Crippen MR) is 128 cm³/mol. The van der Waals surface area contributed by atoms with Crippen LogP contribution in [0.2, 0.25) is 0 Å². The summed E-state index contributed by atoms with van der Waals surface area (Å²) in [6.45, 7) is 0. The van der Waals surface area contributed by atoms with E-state index >= 15 is 0 Å². The van der Waals surface area contributed by atoms with Gasteiger partial charge in [-0.2, -0.15) is 8.42 Å². The van der Waals surface area contributed by atoms with Gasteiger partial charge in [0.1, 0.15) is 5.75 Å². The number of amides is 1. The first-order chi connectivity index (χ1) is 16.0. The maximum atomic E-state index is 13.5. The fourth-order valence-corrected chi connectivity index (χ4v) is 4.99. The molecule has 1 amide bonds. The molecule has 4 aromatic rings. The van der Waals surface area contributed by atoms with Crippen molar-refractivity contribution in [2.45, 2.75) is 4.90 Å². The van der Waals surface area contributed by atoms with E-state index in [4.69, 9.17) is 9.57 Å². The van der Waals surface area contributed by atoms with Gasteiger partial charge in [0.15, 0.2) is 0 Å². The van der Waals surface area contributed by atoms with E-state index in [1.807, 2.05) is 0 Å². The van der Waals surface area contributed by atoms with Crippen LogP contribution in [0.5, 0.6) is 5.75 Å². The van der Waals surface area contributed by atoms with Crippen molar-refractivity contribution in [3.05, 3.63) is 96.6 Å². The minimum Gasteiger partial charge on any atom is -0.497 e. The average Bonchev–Trinajstić information content (AvgIpc) is 2.85. The molecule has 1 N–H and O–H groups in total. The van der Waals surface area contributed by atoms with Crippen LogP contribution in [0, 0.1) is 0 Å². The lowest BCUT2D eigenvalue weighted by Crippen LogP contribution is -2.30. The molecular formula is C25H22N2O5S. The lowest BCUT2D eigenvalue weighted by Gasteiger charge is -2.22. The minimum absolute atomic E-state index is 0.0613. The highest BCUT2D eigenvalue weighted by Crippen LogP contribution is 2.33. The third-order valence-electron chi connectivity index (χ3n) is 5.11. The number of benzene rings is 4. The second-order valence-corrected chi connectivity index (χ2v) is 8.81. The highest BCUT2D eigenvalue weighted by atomic mass is 32.2. The molecule has 4 rings (SSSR count). The Morgan fingerprint density at radius 3 is 2.06 bits per heavy atom. The largest absolute Gasteiger partial charge is 0.497 e. The summed E-state index contributed by atoms with van der Waals surface area (Å²) in [6, 6.07) is 25.3. The normalized spacial score (nSPS) is 11.2. The van der Waals surface area contributed by atoms with Crippen molar-refractivity contribution in [3.8, 4) is 5.75 Å². The topological polar surface area (TPSA) is 84.9 Å². The Kier molecular flexibility index (Phi) is 6.30. The van der Waals surface area contributed by atoms with E-state index in [1.54, 1.807) is 92.0 Å². The monoisotopic (exact) mass is 462 g/mol. The molecule has 0 saturated carbocycles. The molecule has 0 bridgehead atoms. The Bertz CT molecular complexity index is 1390. The molecule has 0 radical (unpaired) electrons. The molecule has 0 fully saturated rings. The van der Waals surface area contributed by atoms with Gasteiger partial charge in [0.25, 0.3) is 15.9 Å². The number of fused-ring (bicyclic) bond motifs is 1. The quantitative estimate of drug-likeness (QED) is 0.397. The fourth-order valence-electron chi connectivity index (χ4n) is 3.52. The van der Waals surface area contributed by atoms with Crippen molar-refractivity contribution in [1.29, 1.82) is 0 Å². The molecule has 0 spiro atoms. The Morgan fingerprint density at radius 1 is 0.788 bits per heavy atom. The molecule has 33 heavy (non-hydrogen) atoms. The van der Waals surface area contributed by atoms with Crippen molar-refractivity contribution in [1.82, 2.24) is 0 Å². The SMILES string of the molecule is COc1ccc(C(=O)Nc2ccc(S(=O)(=O)N(OC)c3ccccc3)c3ccccc23)cc1. The number of ether oxygens (including phenoxy) is 1. The molecule has 168 valence electrons. The number of rotatable bonds is 7. The van der Waals surface area contributed by atoms with Crippen LogP contribution in [-0.2, 0) is 14.9 Å². The van der Waals surface area contributed by atoms with Crippen LogP contribution in [0.25, 0.3) is 10.8 Å². The van der Waals surface area contributed by atoms with Crippen LogP contribution >= 0.6 is 0 Å².